The van der Waals surface area contributed by atoms with Crippen molar-refractivity contribution in [2.24, 2.45) is 5.92 Å². The van der Waals surface area contributed by atoms with Gasteiger partial charge in [0.1, 0.15) is 0 Å². The first-order chi connectivity index (χ1) is 9.47. The molecule has 1 aliphatic heterocycles. The van der Waals surface area contributed by atoms with E-state index >= 15 is 0 Å². The van der Waals surface area contributed by atoms with Crippen LogP contribution in [0, 0.1) is 5.92 Å². The van der Waals surface area contributed by atoms with Gasteiger partial charge in [-0.15, -0.1) is 12.4 Å². The summed E-state index contributed by atoms with van der Waals surface area (Å²) in [7, 11) is -3.28. The van der Waals surface area contributed by atoms with Crippen molar-refractivity contribution in [3.8, 4) is 0 Å². The van der Waals surface area contributed by atoms with Crippen molar-refractivity contribution < 1.29 is 13.2 Å². The van der Waals surface area contributed by atoms with Crippen LogP contribution in [-0.2, 0) is 9.84 Å². The molecule has 7 heteroatoms. The normalized spacial score (nSPS) is 18.0. The number of hydrogen-bond donors (Lipinski definition) is 2. The van der Waals surface area contributed by atoms with Crippen LogP contribution in [0.2, 0.25) is 0 Å². The molecule has 1 atom stereocenters. The van der Waals surface area contributed by atoms with Gasteiger partial charge in [0, 0.05) is 18.4 Å². The summed E-state index contributed by atoms with van der Waals surface area (Å²) in [5.74, 6) is 0.402. The molecule has 1 saturated heterocycles. The number of hydrogen-bond acceptors (Lipinski definition) is 4. The van der Waals surface area contributed by atoms with E-state index < -0.39 is 9.84 Å². The van der Waals surface area contributed by atoms with Crippen molar-refractivity contribution in [2.75, 3.05) is 25.9 Å². The largest absolute Gasteiger partial charge is 0.352 e. The number of carbonyl (C=O) groups is 1. The van der Waals surface area contributed by atoms with Gasteiger partial charge in [0.25, 0.3) is 5.91 Å². The highest BCUT2D eigenvalue weighted by molar-refractivity contribution is 7.90. The number of amides is 1. The first-order valence-electron chi connectivity index (χ1n) is 6.76. The maximum absolute atomic E-state index is 12.0. The van der Waals surface area contributed by atoms with E-state index in [1.807, 2.05) is 0 Å². The van der Waals surface area contributed by atoms with Crippen LogP contribution in [0.1, 0.15) is 23.2 Å². The van der Waals surface area contributed by atoms with Gasteiger partial charge in [-0.3, -0.25) is 4.79 Å². The van der Waals surface area contributed by atoms with Crippen LogP contribution >= 0.6 is 12.4 Å². The van der Waals surface area contributed by atoms with E-state index in [0.717, 1.165) is 32.2 Å². The van der Waals surface area contributed by atoms with Crippen molar-refractivity contribution in [3.05, 3.63) is 29.8 Å². The highest BCUT2D eigenvalue weighted by Gasteiger charge is 2.15. The van der Waals surface area contributed by atoms with Crippen LogP contribution in [0.4, 0.5) is 0 Å². The number of halogens is 1. The van der Waals surface area contributed by atoms with E-state index in [-0.39, 0.29) is 23.2 Å². The molecule has 1 aliphatic rings. The van der Waals surface area contributed by atoms with Crippen LogP contribution in [-0.4, -0.2) is 40.2 Å². The van der Waals surface area contributed by atoms with Gasteiger partial charge in [0.2, 0.25) is 0 Å². The molecule has 2 rings (SSSR count). The van der Waals surface area contributed by atoms with Crippen LogP contribution in [0.25, 0.3) is 0 Å². The lowest BCUT2D eigenvalue weighted by Crippen LogP contribution is -2.26. The fourth-order valence-electron chi connectivity index (χ4n) is 2.32. The molecule has 0 aromatic heterocycles. The number of sulfone groups is 1. The van der Waals surface area contributed by atoms with E-state index in [1.54, 1.807) is 12.1 Å². The van der Waals surface area contributed by atoms with Gasteiger partial charge in [-0.2, -0.15) is 0 Å². The van der Waals surface area contributed by atoms with Crippen molar-refractivity contribution in [1.29, 1.82) is 0 Å². The smallest absolute Gasteiger partial charge is 0.251 e. The van der Waals surface area contributed by atoms with Gasteiger partial charge in [-0.05, 0) is 50.0 Å². The Morgan fingerprint density at radius 2 is 2.19 bits per heavy atom. The average molecular weight is 333 g/mol. The molecule has 0 bridgehead atoms. The Bertz CT molecular complexity index is 584. The van der Waals surface area contributed by atoms with Gasteiger partial charge in [0.15, 0.2) is 9.84 Å². The molecular formula is C14H21ClN2O3S. The summed E-state index contributed by atoms with van der Waals surface area (Å²) in [6, 6.07) is 6.13. The number of carbonyl (C=O) groups excluding carboxylic acids is 1. The Labute approximate surface area is 131 Å². The van der Waals surface area contributed by atoms with Gasteiger partial charge < -0.3 is 10.6 Å². The summed E-state index contributed by atoms with van der Waals surface area (Å²) in [6.07, 6.45) is 3.24. The standard InChI is InChI=1S/C14H20N2O3S.ClH/c1-20(18,19)13-4-2-3-12(9-13)14(17)16-8-6-11-5-7-15-10-11;/h2-4,9,11,15H,5-8,10H2,1H3,(H,16,17);1H. The van der Waals surface area contributed by atoms with E-state index in [1.165, 1.54) is 12.1 Å². The fraction of sp³-hybridized carbons (Fsp3) is 0.500. The van der Waals surface area contributed by atoms with Crippen molar-refractivity contribution in [1.82, 2.24) is 10.6 Å². The highest BCUT2D eigenvalue weighted by Crippen LogP contribution is 2.13. The minimum atomic E-state index is -3.28. The van der Waals surface area contributed by atoms with Crippen LogP contribution in [0.3, 0.4) is 0 Å². The second-order valence-electron chi connectivity index (χ2n) is 5.20. The molecule has 21 heavy (non-hydrogen) atoms. The van der Waals surface area contributed by atoms with Crippen LogP contribution < -0.4 is 10.6 Å². The summed E-state index contributed by atoms with van der Waals surface area (Å²) in [5, 5.41) is 6.13. The minimum absolute atomic E-state index is 0. The Balaban J connectivity index is 0.00000220. The molecule has 5 nitrogen and oxygen atoms in total. The molecule has 118 valence electrons. The van der Waals surface area contributed by atoms with Crippen molar-refractivity contribution in [2.45, 2.75) is 17.7 Å². The second kappa shape index (κ2) is 7.77. The predicted octanol–water partition coefficient (Wildman–Crippen LogP) is 1.24. The lowest BCUT2D eigenvalue weighted by Gasteiger charge is -2.09. The lowest BCUT2D eigenvalue weighted by molar-refractivity contribution is 0.0951. The molecule has 1 aromatic carbocycles. The number of rotatable bonds is 5. The zero-order chi connectivity index (χ0) is 14.6. The summed E-state index contributed by atoms with van der Waals surface area (Å²) >= 11 is 0. The summed E-state index contributed by atoms with van der Waals surface area (Å²) in [5.41, 5.74) is 0.387. The SMILES string of the molecule is CS(=O)(=O)c1cccc(C(=O)NCCC2CCNC2)c1.Cl. The monoisotopic (exact) mass is 332 g/mol. The van der Waals surface area contributed by atoms with Gasteiger partial charge in [0.05, 0.1) is 4.90 Å². The molecule has 1 unspecified atom stereocenters. The summed E-state index contributed by atoms with van der Waals surface area (Å²) in [6.45, 7) is 2.68. The Kier molecular flexibility index (Phi) is 6.64. The maximum Gasteiger partial charge on any atom is 0.251 e. The zero-order valence-electron chi connectivity index (χ0n) is 12.0. The molecule has 1 fully saturated rings. The third-order valence-electron chi connectivity index (χ3n) is 3.52. The first kappa shape index (κ1) is 17.9. The lowest BCUT2D eigenvalue weighted by atomic mass is 10.1. The molecule has 1 amide bonds. The molecule has 0 aliphatic carbocycles. The molecule has 0 spiro atoms. The molecule has 2 N–H and O–H groups in total. The fourth-order valence-corrected chi connectivity index (χ4v) is 2.99. The minimum Gasteiger partial charge on any atom is -0.352 e. The Morgan fingerprint density at radius 1 is 1.43 bits per heavy atom. The summed E-state index contributed by atoms with van der Waals surface area (Å²) < 4.78 is 22.9. The zero-order valence-corrected chi connectivity index (χ0v) is 13.6. The molecule has 1 aromatic rings. The van der Waals surface area contributed by atoms with Crippen molar-refractivity contribution >= 4 is 28.2 Å². The maximum atomic E-state index is 12.0. The third-order valence-corrected chi connectivity index (χ3v) is 4.64. The number of nitrogens with one attached hydrogen (secondary N) is 2. The summed E-state index contributed by atoms with van der Waals surface area (Å²) in [4.78, 5) is 12.1. The molecular weight excluding hydrogens is 312 g/mol. The molecule has 0 saturated carbocycles. The third kappa shape index (κ3) is 5.30. The topological polar surface area (TPSA) is 75.3 Å². The first-order valence-corrected chi connectivity index (χ1v) is 8.65. The van der Waals surface area contributed by atoms with E-state index in [4.69, 9.17) is 0 Å². The molecule has 1 heterocycles. The van der Waals surface area contributed by atoms with Gasteiger partial charge in [-0.1, -0.05) is 6.07 Å². The average Bonchev–Trinajstić information content (AvgIpc) is 2.91. The van der Waals surface area contributed by atoms with Crippen LogP contribution in [0.15, 0.2) is 29.2 Å². The number of benzene rings is 1. The highest BCUT2D eigenvalue weighted by atomic mass is 35.5. The molecule has 0 radical (unpaired) electrons. The predicted molar refractivity (Wildman–Crippen MR) is 84.7 cm³/mol. The van der Waals surface area contributed by atoms with Crippen LogP contribution in [0.5, 0.6) is 0 Å². The van der Waals surface area contributed by atoms with Crippen molar-refractivity contribution in [3.63, 3.8) is 0 Å². The van der Waals surface area contributed by atoms with E-state index in [2.05, 4.69) is 10.6 Å². The van der Waals surface area contributed by atoms with Gasteiger partial charge in [-0.25, -0.2) is 8.42 Å². The Morgan fingerprint density at radius 3 is 2.81 bits per heavy atom. The van der Waals surface area contributed by atoms with E-state index in [0.29, 0.717) is 18.0 Å². The van der Waals surface area contributed by atoms with Gasteiger partial charge >= 0.3 is 0 Å². The second-order valence-corrected chi connectivity index (χ2v) is 7.22. The Hall–Kier alpha value is -1.11. The quantitative estimate of drug-likeness (QED) is 0.850. The van der Waals surface area contributed by atoms with E-state index in [9.17, 15) is 13.2 Å².